The molecular formula is C18H35O. The third kappa shape index (κ3) is 9.49. The van der Waals surface area contributed by atoms with Crippen LogP contribution in [0.25, 0.3) is 0 Å². The second-order valence-corrected chi connectivity index (χ2v) is 6.18. The largest absolute Gasteiger partial charge is 0.370 e. The Morgan fingerprint density at radius 2 is 1.16 bits per heavy atom. The molecule has 19 heavy (non-hydrogen) atoms. The van der Waals surface area contributed by atoms with Crippen LogP contribution < -0.4 is 0 Å². The van der Waals surface area contributed by atoms with Crippen LogP contribution in [0.4, 0.5) is 0 Å². The topological polar surface area (TPSA) is 12.5 Å². The fourth-order valence-corrected chi connectivity index (χ4v) is 2.90. The number of epoxide rings is 1. The lowest BCUT2D eigenvalue weighted by Gasteiger charge is -2.02. The number of unbranched alkanes of at least 4 members (excludes halogenated alkanes) is 10. The highest BCUT2D eigenvalue weighted by Gasteiger charge is 2.36. The lowest BCUT2D eigenvalue weighted by atomic mass is 10.0. The van der Waals surface area contributed by atoms with E-state index < -0.39 is 0 Å². The second kappa shape index (κ2) is 11.8. The number of rotatable bonds is 14. The molecule has 1 aliphatic rings. The summed E-state index contributed by atoms with van der Waals surface area (Å²) in [5, 5.41) is 0. The Morgan fingerprint density at radius 1 is 0.684 bits per heavy atom. The molecule has 2 unspecified atom stereocenters. The molecule has 1 nitrogen and oxygen atoms in total. The van der Waals surface area contributed by atoms with Crippen LogP contribution in [0.15, 0.2) is 0 Å². The van der Waals surface area contributed by atoms with E-state index in [2.05, 4.69) is 13.8 Å². The van der Waals surface area contributed by atoms with E-state index in [1.807, 2.05) is 0 Å². The van der Waals surface area contributed by atoms with E-state index >= 15 is 0 Å². The molecule has 1 heterocycles. The molecule has 1 heteroatoms. The monoisotopic (exact) mass is 267 g/mol. The molecule has 2 atom stereocenters. The number of hydrogen-bond acceptors (Lipinski definition) is 1. The van der Waals surface area contributed by atoms with Gasteiger partial charge >= 0.3 is 0 Å². The van der Waals surface area contributed by atoms with Crippen LogP contribution in [-0.4, -0.2) is 12.2 Å². The highest BCUT2D eigenvalue weighted by molar-refractivity contribution is 4.84. The predicted molar refractivity (Wildman–Crippen MR) is 84.3 cm³/mol. The van der Waals surface area contributed by atoms with E-state index in [9.17, 15) is 0 Å². The molecule has 1 radical (unpaired) electrons. The van der Waals surface area contributed by atoms with Crippen molar-refractivity contribution in [1.29, 1.82) is 0 Å². The Bertz CT molecular complexity index is 190. The van der Waals surface area contributed by atoms with Crippen LogP contribution in [0.5, 0.6) is 0 Å². The van der Waals surface area contributed by atoms with Crippen molar-refractivity contribution in [3.8, 4) is 0 Å². The van der Waals surface area contributed by atoms with Crippen molar-refractivity contribution in [2.45, 2.75) is 109 Å². The Morgan fingerprint density at radius 3 is 1.68 bits per heavy atom. The zero-order valence-electron chi connectivity index (χ0n) is 13.2. The van der Waals surface area contributed by atoms with Gasteiger partial charge in [0.15, 0.2) is 0 Å². The fraction of sp³-hybridized carbons (Fsp3) is 0.944. The maximum absolute atomic E-state index is 5.61. The number of ether oxygens (including phenoxy) is 1. The van der Waals surface area contributed by atoms with Gasteiger partial charge in [-0.2, -0.15) is 0 Å². The first-order valence-corrected chi connectivity index (χ1v) is 8.83. The average molecular weight is 267 g/mol. The SMILES string of the molecule is [CH2]CCC1OC1CCCCCCCCCCCCC. The quantitative estimate of drug-likeness (QED) is 0.275. The summed E-state index contributed by atoms with van der Waals surface area (Å²) in [4.78, 5) is 0. The molecule has 0 aromatic rings. The molecule has 0 aromatic heterocycles. The zero-order chi connectivity index (χ0) is 13.8. The van der Waals surface area contributed by atoms with Crippen LogP contribution in [-0.2, 0) is 4.74 Å². The summed E-state index contributed by atoms with van der Waals surface area (Å²) in [7, 11) is 0. The highest BCUT2D eigenvalue weighted by atomic mass is 16.6. The van der Waals surface area contributed by atoms with Gasteiger partial charge in [-0.15, -0.1) is 0 Å². The molecule has 1 fully saturated rings. The summed E-state index contributed by atoms with van der Waals surface area (Å²) in [6.07, 6.45) is 20.4. The van der Waals surface area contributed by atoms with Crippen molar-refractivity contribution < 1.29 is 4.74 Å². The molecule has 1 rings (SSSR count). The van der Waals surface area contributed by atoms with Gasteiger partial charge in [-0.1, -0.05) is 90.9 Å². The van der Waals surface area contributed by atoms with Crippen molar-refractivity contribution in [1.82, 2.24) is 0 Å². The third-order valence-electron chi connectivity index (χ3n) is 4.27. The first kappa shape index (κ1) is 17.0. The van der Waals surface area contributed by atoms with E-state index in [4.69, 9.17) is 4.74 Å². The van der Waals surface area contributed by atoms with Crippen LogP contribution in [0.2, 0.25) is 0 Å². The van der Waals surface area contributed by atoms with Gasteiger partial charge in [0.25, 0.3) is 0 Å². The maximum Gasteiger partial charge on any atom is 0.0841 e. The van der Waals surface area contributed by atoms with E-state index in [0.717, 1.165) is 6.42 Å². The molecule has 0 spiro atoms. The maximum atomic E-state index is 5.61. The fourth-order valence-electron chi connectivity index (χ4n) is 2.90. The van der Waals surface area contributed by atoms with Gasteiger partial charge in [-0.3, -0.25) is 0 Å². The lowest BCUT2D eigenvalue weighted by molar-refractivity contribution is 0.352. The van der Waals surface area contributed by atoms with E-state index in [1.54, 1.807) is 0 Å². The van der Waals surface area contributed by atoms with Gasteiger partial charge in [-0.25, -0.2) is 0 Å². The van der Waals surface area contributed by atoms with Crippen LogP contribution in [0, 0.1) is 6.92 Å². The summed E-state index contributed by atoms with van der Waals surface area (Å²) < 4.78 is 5.61. The first-order chi connectivity index (χ1) is 9.38. The standard InChI is InChI=1S/C18H35O/c1-3-5-6-7-8-9-10-11-12-13-14-16-18-17(19-18)15-4-2/h17-18H,2-16H2,1H3. The molecule has 0 aromatic carbocycles. The van der Waals surface area contributed by atoms with Gasteiger partial charge in [-0.05, 0) is 12.8 Å². The summed E-state index contributed by atoms with van der Waals surface area (Å²) in [6, 6.07) is 0. The minimum atomic E-state index is 0.570. The van der Waals surface area contributed by atoms with E-state index in [0.29, 0.717) is 12.2 Å². The minimum Gasteiger partial charge on any atom is -0.370 e. The summed E-state index contributed by atoms with van der Waals surface area (Å²) in [5.41, 5.74) is 0. The summed E-state index contributed by atoms with van der Waals surface area (Å²) in [5.74, 6) is 0. The van der Waals surface area contributed by atoms with Crippen LogP contribution in [0.3, 0.4) is 0 Å². The molecule has 113 valence electrons. The molecule has 0 N–H and O–H groups in total. The van der Waals surface area contributed by atoms with Gasteiger partial charge in [0, 0.05) is 0 Å². The minimum absolute atomic E-state index is 0.570. The van der Waals surface area contributed by atoms with Gasteiger partial charge in [0.1, 0.15) is 0 Å². The Labute approximate surface area is 121 Å². The van der Waals surface area contributed by atoms with Crippen LogP contribution >= 0.6 is 0 Å². The van der Waals surface area contributed by atoms with Crippen molar-refractivity contribution >= 4 is 0 Å². The van der Waals surface area contributed by atoms with Crippen molar-refractivity contribution in [2.75, 3.05) is 0 Å². The molecular weight excluding hydrogens is 232 g/mol. The van der Waals surface area contributed by atoms with Crippen molar-refractivity contribution in [3.63, 3.8) is 0 Å². The van der Waals surface area contributed by atoms with Crippen LogP contribution in [0.1, 0.15) is 96.8 Å². The van der Waals surface area contributed by atoms with E-state index in [-0.39, 0.29) is 0 Å². The normalized spacial score (nSPS) is 21.8. The summed E-state index contributed by atoms with van der Waals surface area (Å²) in [6.45, 7) is 6.17. The highest BCUT2D eigenvalue weighted by Crippen LogP contribution is 2.30. The molecule has 1 aliphatic heterocycles. The van der Waals surface area contributed by atoms with Gasteiger partial charge < -0.3 is 4.74 Å². The summed E-state index contributed by atoms with van der Waals surface area (Å²) >= 11 is 0. The Balaban J connectivity index is 1.68. The lowest BCUT2D eigenvalue weighted by Crippen LogP contribution is -1.93. The number of hydrogen-bond donors (Lipinski definition) is 0. The Kier molecular flexibility index (Phi) is 10.5. The first-order valence-electron chi connectivity index (χ1n) is 8.83. The molecule has 0 aliphatic carbocycles. The second-order valence-electron chi connectivity index (χ2n) is 6.18. The van der Waals surface area contributed by atoms with Gasteiger partial charge in [0.05, 0.1) is 12.2 Å². The average Bonchev–Trinajstić information content (AvgIpc) is 3.15. The van der Waals surface area contributed by atoms with Crippen molar-refractivity contribution in [3.05, 3.63) is 6.92 Å². The molecule has 0 bridgehead atoms. The molecule has 0 amide bonds. The predicted octanol–water partition coefficient (Wildman–Crippen LogP) is 6.07. The molecule has 0 saturated carbocycles. The smallest absolute Gasteiger partial charge is 0.0841 e. The zero-order valence-corrected chi connectivity index (χ0v) is 13.2. The van der Waals surface area contributed by atoms with Gasteiger partial charge in [0.2, 0.25) is 0 Å². The van der Waals surface area contributed by atoms with E-state index in [1.165, 1.54) is 83.5 Å². The Hall–Kier alpha value is -0.0400. The molecule has 1 saturated heterocycles. The van der Waals surface area contributed by atoms with Crippen molar-refractivity contribution in [2.24, 2.45) is 0 Å². The third-order valence-corrected chi connectivity index (χ3v) is 4.27.